The first kappa shape index (κ1) is 21.4. The maximum atomic E-state index is 12.9. The first-order valence-electron chi connectivity index (χ1n) is 8.47. The third-order valence-corrected chi connectivity index (χ3v) is 4.01. The van der Waals surface area contributed by atoms with Crippen molar-refractivity contribution in [3.63, 3.8) is 0 Å². The molecule has 0 radical (unpaired) electrons. The van der Waals surface area contributed by atoms with Gasteiger partial charge < -0.3 is 16.4 Å². The van der Waals surface area contributed by atoms with Crippen molar-refractivity contribution >= 4 is 45.5 Å². The van der Waals surface area contributed by atoms with Gasteiger partial charge in [-0.3, -0.25) is 0 Å². The molecule has 4 N–H and O–H groups in total. The number of rotatable bonds is 2. The lowest BCUT2D eigenvalue weighted by molar-refractivity contribution is -0.137. The molecular formula is C20H19ClF3N3O. The molecule has 0 saturated carbocycles. The second-order valence-corrected chi connectivity index (χ2v) is 5.96. The Morgan fingerprint density at radius 1 is 1.00 bits per heavy atom. The number of urea groups is 1. The number of benzene rings is 3. The van der Waals surface area contributed by atoms with Crippen LogP contribution in [0.1, 0.15) is 19.4 Å². The van der Waals surface area contributed by atoms with Gasteiger partial charge in [-0.25, -0.2) is 4.79 Å². The molecule has 148 valence electrons. The standard InChI is InChI=1S/C18H13ClF3N3O.C2H6/c19-15-7-6-12(9-14(15)18(20,21)22)24-17(26)25-16-3-1-2-10-4-5-11(23)8-13(10)16;1-2/h1-9H,23H2,(H2,24,25,26);1-2H3. The fourth-order valence-corrected chi connectivity index (χ4v) is 2.73. The third-order valence-electron chi connectivity index (χ3n) is 3.68. The summed E-state index contributed by atoms with van der Waals surface area (Å²) in [6.07, 6.45) is -4.61. The summed E-state index contributed by atoms with van der Waals surface area (Å²) < 4.78 is 38.7. The molecule has 0 bridgehead atoms. The van der Waals surface area contributed by atoms with E-state index in [0.29, 0.717) is 11.4 Å². The predicted molar refractivity (Wildman–Crippen MR) is 109 cm³/mol. The minimum Gasteiger partial charge on any atom is -0.399 e. The summed E-state index contributed by atoms with van der Waals surface area (Å²) in [5.74, 6) is 0. The summed E-state index contributed by atoms with van der Waals surface area (Å²) in [6, 6.07) is 13.0. The Labute approximate surface area is 165 Å². The summed E-state index contributed by atoms with van der Waals surface area (Å²) >= 11 is 5.57. The van der Waals surface area contributed by atoms with Crippen LogP contribution in [-0.4, -0.2) is 6.03 Å². The summed E-state index contributed by atoms with van der Waals surface area (Å²) in [5.41, 5.74) is 5.74. The van der Waals surface area contributed by atoms with E-state index in [-0.39, 0.29) is 5.69 Å². The topological polar surface area (TPSA) is 67.1 Å². The highest BCUT2D eigenvalue weighted by molar-refractivity contribution is 6.31. The Morgan fingerprint density at radius 2 is 1.71 bits per heavy atom. The van der Waals surface area contributed by atoms with Crippen molar-refractivity contribution in [2.24, 2.45) is 0 Å². The minimum atomic E-state index is -4.61. The molecule has 0 unspecified atom stereocenters. The highest BCUT2D eigenvalue weighted by atomic mass is 35.5. The normalized spacial score (nSPS) is 10.8. The molecule has 0 atom stereocenters. The average Bonchev–Trinajstić information content (AvgIpc) is 2.64. The van der Waals surface area contributed by atoms with Gasteiger partial charge in [0, 0.05) is 16.8 Å². The number of carbonyl (C=O) groups is 1. The molecule has 0 aliphatic heterocycles. The number of anilines is 3. The first-order valence-corrected chi connectivity index (χ1v) is 8.85. The first-order chi connectivity index (χ1) is 13.2. The zero-order valence-electron chi connectivity index (χ0n) is 15.2. The van der Waals surface area contributed by atoms with Crippen LogP contribution in [0, 0.1) is 0 Å². The lowest BCUT2D eigenvalue weighted by Gasteiger charge is -2.13. The van der Waals surface area contributed by atoms with E-state index in [2.05, 4.69) is 10.6 Å². The van der Waals surface area contributed by atoms with Crippen molar-refractivity contribution in [1.29, 1.82) is 0 Å². The van der Waals surface area contributed by atoms with E-state index in [9.17, 15) is 18.0 Å². The summed E-state index contributed by atoms with van der Waals surface area (Å²) in [6.45, 7) is 4.00. The van der Waals surface area contributed by atoms with E-state index in [1.807, 2.05) is 26.0 Å². The Hall–Kier alpha value is -2.93. The molecule has 8 heteroatoms. The monoisotopic (exact) mass is 409 g/mol. The van der Waals surface area contributed by atoms with Crippen LogP contribution in [0.25, 0.3) is 10.8 Å². The number of nitrogens with two attached hydrogens (primary N) is 1. The van der Waals surface area contributed by atoms with Crippen LogP contribution in [0.4, 0.5) is 35.0 Å². The van der Waals surface area contributed by atoms with Crippen LogP contribution in [0.3, 0.4) is 0 Å². The van der Waals surface area contributed by atoms with E-state index >= 15 is 0 Å². The van der Waals surface area contributed by atoms with Crippen LogP contribution < -0.4 is 16.4 Å². The molecular weight excluding hydrogens is 391 g/mol. The van der Waals surface area contributed by atoms with E-state index in [0.717, 1.165) is 22.9 Å². The third kappa shape index (κ3) is 5.07. The quantitative estimate of drug-likeness (QED) is 0.409. The fraction of sp³-hybridized carbons (Fsp3) is 0.150. The number of nitrogen functional groups attached to an aromatic ring is 1. The number of halogens is 4. The summed E-state index contributed by atoms with van der Waals surface area (Å²) in [7, 11) is 0. The summed E-state index contributed by atoms with van der Waals surface area (Å²) in [5, 5.41) is 6.13. The van der Waals surface area contributed by atoms with Crippen LogP contribution in [-0.2, 0) is 6.18 Å². The maximum Gasteiger partial charge on any atom is 0.417 e. The van der Waals surface area contributed by atoms with Crippen LogP contribution in [0.5, 0.6) is 0 Å². The van der Waals surface area contributed by atoms with Gasteiger partial charge in [0.2, 0.25) is 0 Å². The van der Waals surface area contributed by atoms with E-state index in [4.69, 9.17) is 17.3 Å². The number of hydrogen-bond donors (Lipinski definition) is 3. The predicted octanol–water partition coefficient (Wildman–Crippen LogP) is 6.76. The van der Waals surface area contributed by atoms with Gasteiger partial charge in [-0.2, -0.15) is 13.2 Å². The minimum absolute atomic E-state index is 0.0287. The maximum absolute atomic E-state index is 12.9. The molecule has 0 saturated heterocycles. The number of fused-ring (bicyclic) bond motifs is 1. The Morgan fingerprint density at radius 3 is 2.39 bits per heavy atom. The van der Waals surface area contributed by atoms with E-state index < -0.39 is 22.8 Å². The highest BCUT2D eigenvalue weighted by Gasteiger charge is 2.33. The molecule has 0 aliphatic carbocycles. The van der Waals surface area contributed by atoms with Crippen molar-refractivity contribution in [2.75, 3.05) is 16.4 Å². The zero-order chi connectivity index (χ0) is 20.9. The molecule has 2 amide bonds. The van der Waals surface area contributed by atoms with Crippen molar-refractivity contribution in [3.05, 3.63) is 65.2 Å². The van der Waals surface area contributed by atoms with Gasteiger partial charge >= 0.3 is 12.2 Å². The van der Waals surface area contributed by atoms with E-state index in [1.165, 1.54) is 6.07 Å². The molecule has 0 aromatic heterocycles. The Kier molecular flexibility index (Phi) is 6.75. The molecule has 0 heterocycles. The lowest BCUT2D eigenvalue weighted by Crippen LogP contribution is -2.20. The van der Waals surface area contributed by atoms with Crippen molar-refractivity contribution in [3.8, 4) is 0 Å². The number of carbonyl (C=O) groups excluding carboxylic acids is 1. The number of amides is 2. The van der Waals surface area contributed by atoms with Crippen molar-refractivity contribution < 1.29 is 18.0 Å². The van der Waals surface area contributed by atoms with Gasteiger partial charge in [0.25, 0.3) is 0 Å². The second kappa shape index (κ2) is 8.84. The Balaban J connectivity index is 0.00000136. The van der Waals surface area contributed by atoms with Gasteiger partial charge in [0.05, 0.1) is 16.3 Å². The average molecular weight is 410 g/mol. The lowest BCUT2D eigenvalue weighted by atomic mass is 10.1. The molecule has 3 rings (SSSR count). The SMILES string of the molecule is CC.Nc1ccc2cccc(NC(=O)Nc3ccc(Cl)c(C(F)(F)F)c3)c2c1. The van der Waals surface area contributed by atoms with Gasteiger partial charge in [-0.15, -0.1) is 0 Å². The van der Waals surface area contributed by atoms with Gasteiger partial charge in [-0.1, -0.05) is 43.6 Å². The number of hydrogen-bond acceptors (Lipinski definition) is 2. The molecule has 4 nitrogen and oxygen atoms in total. The number of nitrogens with one attached hydrogen (secondary N) is 2. The van der Waals surface area contributed by atoms with Gasteiger partial charge in [0.15, 0.2) is 0 Å². The van der Waals surface area contributed by atoms with Crippen LogP contribution >= 0.6 is 11.6 Å². The van der Waals surface area contributed by atoms with Crippen LogP contribution in [0.15, 0.2) is 54.6 Å². The smallest absolute Gasteiger partial charge is 0.399 e. The van der Waals surface area contributed by atoms with Crippen molar-refractivity contribution in [2.45, 2.75) is 20.0 Å². The highest BCUT2D eigenvalue weighted by Crippen LogP contribution is 2.36. The van der Waals surface area contributed by atoms with Gasteiger partial charge in [-0.05, 0) is 41.8 Å². The van der Waals surface area contributed by atoms with Gasteiger partial charge in [0.1, 0.15) is 0 Å². The second-order valence-electron chi connectivity index (χ2n) is 5.56. The summed E-state index contributed by atoms with van der Waals surface area (Å²) in [4.78, 5) is 12.2. The Bertz CT molecular complexity index is 990. The molecule has 3 aromatic carbocycles. The zero-order valence-corrected chi connectivity index (χ0v) is 15.9. The van der Waals surface area contributed by atoms with E-state index in [1.54, 1.807) is 24.3 Å². The molecule has 0 fully saturated rings. The van der Waals surface area contributed by atoms with Crippen LogP contribution in [0.2, 0.25) is 5.02 Å². The number of alkyl halides is 3. The fourth-order valence-electron chi connectivity index (χ4n) is 2.50. The largest absolute Gasteiger partial charge is 0.417 e. The molecule has 3 aromatic rings. The molecule has 28 heavy (non-hydrogen) atoms. The molecule has 0 spiro atoms. The molecule has 0 aliphatic rings. The van der Waals surface area contributed by atoms with Crippen molar-refractivity contribution in [1.82, 2.24) is 0 Å².